The SMILES string of the molecule is COc1ccc(NC/C=C/C(=O)O)cn1. The van der Waals surface area contributed by atoms with Gasteiger partial charge in [-0.15, -0.1) is 0 Å². The van der Waals surface area contributed by atoms with Crippen molar-refractivity contribution in [2.75, 3.05) is 19.0 Å². The Bertz CT molecular complexity index is 346. The summed E-state index contributed by atoms with van der Waals surface area (Å²) in [6.07, 6.45) is 4.23. The summed E-state index contributed by atoms with van der Waals surface area (Å²) < 4.78 is 4.90. The number of methoxy groups -OCH3 is 1. The van der Waals surface area contributed by atoms with Gasteiger partial charge >= 0.3 is 5.97 Å². The van der Waals surface area contributed by atoms with Crippen molar-refractivity contribution in [3.05, 3.63) is 30.5 Å². The summed E-state index contributed by atoms with van der Waals surface area (Å²) in [7, 11) is 1.55. The zero-order chi connectivity index (χ0) is 11.1. The maximum Gasteiger partial charge on any atom is 0.328 e. The second kappa shape index (κ2) is 5.64. The molecule has 0 radical (unpaired) electrons. The number of hydrogen-bond acceptors (Lipinski definition) is 4. The van der Waals surface area contributed by atoms with Crippen molar-refractivity contribution < 1.29 is 14.6 Å². The van der Waals surface area contributed by atoms with Crippen molar-refractivity contribution in [2.45, 2.75) is 0 Å². The van der Waals surface area contributed by atoms with Crippen LogP contribution in [0.2, 0.25) is 0 Å². The van der Waals surface area contributed by atoms with E-state index in [4.69, 9.17) is 9.84 Å². The molecule has 0 bridgehead atoms. The van der Waals surface area contributed by atoms with E-state index < -0.39 is 5.97 Å². The van der Waals surface area contributed by atoms with E-state index in [1.807, 2.05) is 0 Å². The van der Waals surface area contributed by atoms with Gasteiger partial charge in [0, 0.05) is 18.7 Å². The molecule has 0 aliphatic carbocycles. The average molecular weight is 208 g/mol. The topological polar surface area (TPSA) is 71.5 Å². The van der Waals surface area contributed by atoms with Crippen molar-refractivity contribution in [3.8, 4) is 5.88 Å². The van der Waals surface area contributed by atoms with Crippen LogP contribution in [0.4, 0.5) is 5.69 Å². The van der Waals surface area contributed by atoms with Gasteiger partial charge < -0.3 is 15.2 Å². The minimum absolute atomic E-state index is 0.445. The number of aliphatic carboxylic acids is 1. The predicted molar refractivity (Wildman–Crippen MR) is 56.1 cm³/mol. The quantitative estimate of drug-likeness (QED) is 0.710. The number of aromatic nitrogens is 1. The van der Waals surface area contributed by atoms with Crippen molar-refractivity contribution >= 4 is 11.7 Å². The maximum atomic E-state index is 10.2. The molecule has 0 saturated heterocycles. The van der Waals surface area contributed by atoms with E-state index in [0.29, 0.717) is 12.4 Å². The lowest BCUT2D eigenvalue weighted by Gasteiger charge is -2.03. The third-order valence-corrected chi connectivity index (χ3v) is 1.63. The second-order valence-electron chi connectivity index (χ2n) is 2.71. The van der Waals surface area contributed by atoms with Gasteiger partial charge in [-0.05, 0) is 6.07 Å². The third kappa shape index (κ3) is 4.12. The molecule has 1 aromatic heterocycles. The molecule has 0 saturated carbocycles. The summed E-state index contributed by atoms with van der Waals surface area (Å²) in [5.41, 5.74) is 0.811. The first-order valence-electron chi connectivity index (χ1n) is 4.36. The molecule has 0 unspecified atom stereocenters. The first-order valence-corrected chi connectivity index (χ1v) is 4.36. The van der Waals surface area contributed by atoms with Crippen LogP contribution in [-0.2, 0) is 4.79 Å². The first kappa shape index (κ1) is 11.0. The molecule has 0 aliphatic heterocycles. The van der Waals surface area contributed by atoms with Crippen molar-refractivity contribution in [1.82, 2.24) is 4.98 Å². The van der Waals surface area contributed by atoms with E-state index in [9.17, 15) is 4.79 Å². The normalized spacial score (nSPS) is 10.2. The summed E-state index contributed by atoms with van der Waals surface area (Å²) >= 11 is 0. The molecule has 5 nitrogen and oxygen atoms in total. The standard InChI is InChI=1S/C10H12N2O3/c1-15-9-5-4-8(7-12-9)11-6-2-3-10(13)14/h2-5,7,11H,6H2,1H3,(H,13,14)/b3-2+. The number of nitrogens with zero attached hydrogens (tertiary/aromatic N) is 1. The molecule has 0 amide bonds. The summed E-state index contributed by atoms with van der Waals surface area (Å²) in [6, 6.07) is 3.53. The molecule has 80 valence electrons. The smallest absolute Gasteiger partial charge is 0.328 e. The van der Waals surface area contributed by atoms with Crippen LogP contribution in [0.15, 0.2) is 30.5 Å². The number of carboxylic acid groups (broad SMARTS) is 1. The lowest BCUT2D eigenvalue weighted by molar-refractivity contribution is -0.131. The number of nitrogens with one attached hydrogen (secondary N) is 1. The summed E-state index contributed by atoms with van der Waals surface area (Å²) in [4.78, 5) is 14.1. The molecular formula is C10H12N2O3. The fraction of sp³-hybridized carbons (Fsp3) is 0.200. The maximum absolute atomic E-state index is 10.2. The van der Waals surface area contributed by atoms with E-state index in [0.717, 1.165) is 11.8 Å². The number of anilines is 1. The van der Waals surface area contributed by atoms with Crippen LogP contribution in [0, 0.1) is 0 Å². The highest BCUT2D eigenvalue weighted by atomic mass is 16.5. The highest BCUT2D eigenvalue weighted by Gasteiger charge is 1.93. The summed E-state index contributed by atoms with van der Waals surface area (Å²) in [6.45, 7) is 0.445. The van der Waals surface area contributed by atoms with E-state index in [2.05, 4.69) is 10.3 Å². The van der Waals surface area contributed by atoms with Crippen LogP contribution in [0.3, 0.4) is 0 Å². The number of ether oxygens (including phenoxy) is 1. The molecule has 0 fully saturated rings. The molecule has 0 aromatic carbocycles. The molecule has 5 heteroatoms. The molecule has 2 N–H and O–H groups in total. The van der Waals surface area contributed by atoms with E-state index >= 15 is 0 Å². The molecule has 0 atom stereocenters. The number of hydrogen-bond donors (Lipinski definition) is 2. The van der Waals surface area contributed by atoms with Crippen LogP contribution < -0.4 is 10.1 Å². The van der Waals surface area contributed by atoms with Crippen LogP contribution >= 0.6 is 0 Å². The van der Waals surface area contributed by atoms with Crippen molar-refractivity contribution in [2.24, 2.45) is 0 Å². The predicted octanol–water partition coefficient (Wildman–Crippen LogP) is 1.14. The number of carbonyl (C=O) groups is 1. The van der Waals surface area contributed by atoms with Gasteiger partial charge in [0.15, 0.2) is 0 Å². The van der Waals surface area contributed by atoms with Crippen LogP contribution in [0.25, 0.3) is 0 Å². The van der Waals surface area contributed by atoms with E-state index in [-0.39, 0.29) is 0 Å². The molecule has 1 aromatic rings. The highest BCUT2D eigenvalue weighted by molar-refractivity contribution is 5.79. The number of rotatable bonds is 5. The van der Waals surface area contributed by atoms with Gasteiger partial charge in [0.2, 0.25) is 5.88 Å². The van der Waals surface area contributed by atoms with Gasteiger partial charge in [0.05, 0.1) is 19.0 Å². The second-order valence-corrected chi connectivity index (χ2v) is 2.71. The average Bonchev–Trinajstić information content (AvgIpc) is 2.25. The van der Waals surface area contributed by atoms with Crippen LogP contribution in [-0.4, -0.2) is 29.7 Å². The third-order valence-electron chi connectivity index (χ3n) is 1.63. The molecule has 1 heterocycles. The Labute approximate surface area is 87.4 Å². The van der Waals surface area contributed by atoms with Gasteiger partial charge in [-0.2, -0.15) is 0 Å². The minimum Gasteiger partial charge on any atom is -0.481 e. The Kier molecular flexibility index (Phi) is 4.15. The monoisotopic (exact) mass is 208 g/mol. The van der Waals surface area contributed by atoms with Gasteiger partial charge in [0.1, 0.15) is 0 Å². The summed E-state index contributed by atoms with van der Waals surface area (Å²) in [5, 5.41) is 11.3. The van der Waals surface area contributed by atoms with E-state index in [1.165, 1.54) is 6.08 Å². The summed E-state index contributed by atoms with van der Waals surface area (Å²) in [5.74, 6) is -0.411. The Balaban J connectivity index is 2.41. The molecule has 0 aliphatic rings. The zero-order valence-electron chi connectivity index (χ0n) is 8.30. The molecule has 15 heavy (non-hydrogen) atoms. The highest BCUT2D eigenvalue weighted by Crippen LogP contribution is 2.10. The van der Waals surface area contributed by atoms with Gasteiger partial charge in [-0.25, -0.2) is 9.78 Å². The van der Waals surface area contributed by atoms with E-state index in [1.54, 1.807) is 25.4 Å². The Morgan fingerprint density at radius 3 is 3.00 bits per heavy atom. The largest absolute Gasteiger partial charge is 0.481 e. The van der Waals surface area contributed by atoms with Gasteiger partial charge in [0.25, 0.3) is 0 Å². The number of pyridine rings is 1. The van der Waals surface area contributed by atoms with Crippen molar-refractivity contribution in [1.29, 1.82) is 0 Å². The Hall–Kier alpha value is -2.04. The van der Waals surface area contributed by atoms with Gasteiger partial charge in [-0.1, -0.05) is 6.08 Å². The fourth-order valence-electron chi connectivity index (χ4n) is 0.942. The lowest BCUT2D eigenvalue weighted by Crippen LogP contribution is -2.00. The van der Waals surface area contributed by atoms with Crippen molar-refractivity contribution in [3.63, 3.8) is 0 Å². The number of carboxylic acids is 1. The molecule has 1 rings (SSSR count). The van der Waals surface area contributed by atoms with Gasteiger partial charge in [-0.3, -0.25) is 0 Å². The van der Waals surface area contributed by atoms with Crippen LogP contribution in [0.1, 0.15) is 0 Å². The zero-order valence-corrected chi connectivity index (χ0v) is 8.30. The first-order chi connectivity index (χ1) is 7.22. The fourth-order valence-corrected chi connectivity index (χ4v) is 0.942. The molecular weight excluding hydrogens is 196 g/mol. The minimum atomic E-state index is -0.954. The Morgan fingerprint density at radius 1 is 1.67 bits per heavy atom. The Morgan fingerprint density at radius 2 is 2.47 bits per heavy atom. The molecule has 0 spiro atoms. The lowest BCUT2D eigenvalue weighted by atomic mass is 10.4. The van der Waals surface area contributed by atoms with Crippen LogP contribution in [0.5, 0.6) is 5.88 Å².